The number of rotatable bonds is 7. The Morgan fingerprint density at radius 1 is 1.15 bits per heavy atom. The van der Waals surface area contributed by atoms with Gasteiger partial charge in [-0.2, -0.15) is 0 Å². The minimum absolute atomic E-state index is 0.0761. The third kappa shape index (κ3) is 6.13. The highest BCUT2D eigenvalue weighted by Gasteiger charge is 2.61. The maximum atomic E-state index is 14.6. The summed E-state index contributed by atoms with van der Waals surface area (Å²) in [4.78, 5) is 25.9. The molecule has 3 heterocycles. The van der Waals surface area contributed by atoms with Gasteiger partial charge in [0.25, 0.3) is 12.0 Å². The summed E-state index contributed by atoms with van der Waals surface area (Å²) in [5, 5.41) is 7.80. The van der Waals surface area contributed by atoms with Gasteiger partial charge in [0.15, 0.2) is 5.96 Å². The number of alkyl halides is 2. The summed E-state index contributed by atoms with van der Waals surface area (Å²) in [6.07, 6.45) is 2.14. The number of hydrogen-bond acceptors (Lipinski definition) is 5. The van der Waals surface area contributed by atoms with Crippen molar-refractivity contribution < 1.29 is 8.78 Å². The third-order valence-electron chi connectivity index (χ3n) is 12.1. The molecule has 2 aliphatic heterocycles. The first kappa shape index (κ1) is 33.4. The third-order valence-corrected chi connectivity index (χ3v) is 12.4. The Labute approximate surface area is 286 Å². The first-order chi connectivity index (χ1) is 23.0. The van der Waals surface area contributed by atoms with Gasteiger partial charge in [-0.25, -0.2) is 18.8 Å². The Morgan fingerprint density at radius 3 is 2.62 bits per heavy atom. The zero-order valence-electron chi connectivity index (χ0n) is 28.1. The molecule has 3 aromatic rings. The van der Waals surface area contributed by atoms with Gasteiger partial charge in [0.1, 0.15) is 5.82 Å². The van der Waals surface area contributed by atoms with Crippen LogP contribution in [0.4, 0.5) is 14.5 Å². The number of nitrogens with zero attached hydrogens (tertiary/aromatic N) is 4. The predicted octanol–water partition coefficient (Wildman–Crippen LogP) is 5.93. The predicted molar refractivity (Wildman–Crippen MR) is 188 cm³/mol. The molecule has 48 heavy (non-hydrogen) atoms. The summed E-state index contributed by atoms with van der Waals surface area (Å²) in [5.41, 5.74) is 9.03. The summed E-state index contributed by atoms with van der Waals surface area (Å²) in [6, 6.07) is 11.7. The molecule has 8 rings (SSSR count). The molecule has 3 saturated carbocycles. The van der Waals surface area contributed by atoms with E-state index in [4.69, 9.17) is 27.3 Å². The Hall–Kier alpha value is -3.08. The molecule has 11 heteroatoms. The molecule has 1 aromatic heterocycles. The number of benzene rings is 2. The number of aromatic nitrogens is 2. The van der Waals surface area contributed by atoms with Crippen LogP contribution in [-0.2, 0) is 13.0 Å². The van der Waals surface area contributed by atoms with Crippen molar-refractivity contribution in [1.29, 1.82) is 0 Å². The standard InChI is InChI=1S/C37H48ClF2N7O/c1-21-17-27(29-19-28(21)37(29,2)3)32-31(33(39)40)43-14-16-46(32)36(41)44-25-10-11-26-30(18-25)45-34(23-5-4-13-42-20-23)47(35(26)48)15-12-22-6-8-24(38)9-7-22/h6-11,18,21,23,27-29,31-33,42-43H,4-5,12-17,19-20H2,1-3H3,(H2,41,44)/t21-,23?,27?,28+,29-,31-,32?/m1/s1. The maximum Gasteiger partial charge on any atom is 0.261 e. The monoisotopic (exact) mass is 679 g/mol. The topological polar surface area (TPSA) is 101 Å². The van der Waals surface area contributed by atoms with Crippen molar-refractivity contribution >= 4 is 34.2 Å². The van der Waals surface area contributed by atoms with Gasteiger partial charge >= 0.3 is 0 Å². The van der Waals surface area contributed by atoms with Crippen molar-refractivity contribution in [3.05, 3.63) is 69.2 Å². The first-order valence-electron chi connectivity index (χ1n) is 17.6. The van der Waals surface area contributed by atoms with E-state index in [0.29, 0.717) is 65.4 Å². The fraction of sp³-hybridized carbons (Fsp3) is 0.595. The second kappa shape index (κ2) is 13.3. The molecule has 4 N–H and O–H groups in total. The number of aryl methyl sites for hydroxylation is 1. The summed E-state index contributed by atoms with van der Waals surface area (Å²) in [6.45, 7) is 10.0. The first-order valence-corrected chi connectivity index (χ1v) is 18.0. The van der Waals surface area contributed by atoms with Gasteiger partial charge in [-0.15, -0.1) is 0 Å². The molecule has 8 nitrogen and oxygen atoms in total. The van der Waals surface area contributed by atoms with E-state index in [2.05, 4.69) is 31.4 Å². The molecule has 258 valence electrons. The van der Waals surface area contributed by atoms with Crippen molar-refractivity contribution in [2.24, 2.45) is 39.8 Å². The van der Waals surface area contributed by atoms with Crippen LogP contribution in [0.25, 0.3) is 10.9 Å². The number of guanidine groups is 1. The Kier molecular flexibility index (Phi) is 9.28. The molecule has 5 aliphatic rings. The highest BCUT2D eigenvalue weighted by Crippen LogP contribution is 2.64. The molecule has 3 unspecified atom stereocenters. The van der Waals surface area contributed by atoms with Gasteiger partial charge in [-0.05, 0) is 104 Å². The molecule has 7 atom stereocenters. The minimum Gasteiger partial charge on any atom is -0.369 e. The van der Waals surface area contributed by atoms with Crippen molar-refractivity contribution in [3.63, 3.8) is 0 Å². The average Bonchev–Trinajstić information content (AvgIpc) is 3.08. The van der Waals surface area contributed by atoms with E-state index in [0.717, 1.165) is 50.2 Å². The lowest BCUT2D eigenvalue weighted by Crippen LogP contribution is -2.70. The second-order valence-corrected chi connectivity index (χ2v) is 15.6. The number of fused-ring (bicyclic) bond motifs is 3. The molecule has 3 aliphatic carbocycles. The smallest absolute Gasteiger partial charge is 0.261 e. The molecule has 0 radical (unpaired) electrons. The number of nitrogens with two attached hydrogens (primary N) is 1. The molecule has 2 aromatic carbocycles. The molecule has 0 spiro atoms. The van der Waals surface area contributed by atoms with Crippen LogP contribution in [0.2, 0.25) is 5.02 Å². The minimum atomic E-state index is -2.51. The number of halogens is 3. The highest BCUT2D eigenvalue weighted by molar-refractivity contribution is 6.30. The average molecular weight is 680 g/mol. The van der Waals surface area contributed by atoms with Crippen LogP contribution in [0, 0.1) is 29.1 Å². The SMILES string of the molecule is C[C@@H]1CC(C2[C@H](C(F)F)NCCN2C(N)=Nc2ccc3c(=O)n(CCc4ccc(Cl)cc4)c(C4CCCNC4)nc3c2)[C@H]2C[C@@H]1C2(C)C. The van der Waals surface area contributed by atoms with Crippen LogP contribution in [0.15, 0.2) is 52.3 Å². The van der Waals surface area contributed by atoms with Crippen molar-refractivity contribution in [3.8, 4) is 0 Å². The Bertz CT molecular complexity index is 1720. The van der Waals surface area contributed by atoms with Crippen LogP contribution in [0.5, 0.6) is 0 Å². The molecular weight excluding hydrogens is 632 g/mol. The molecule has 2 saturated heterocycles. The quantitative estimate of drug-likeness (QED) is 0.212. The van der Waals surface area contributed by atoms with E-state index in [1.165, 1.54) is 0 Å². The van der Waals surface area contributed by atoms with Crippen LogP contribution in [0.3, 0.4) is 0 Å². The molecule has 0 amide bonds. The van der Waals surface area contributed by atoms with E-state index in [9.17, 15) is 13.6 Å². The lowest BCUT2D eigenvalue weighted by molar-refractivity contribution is -0.162. The number of piperidine rings is 1. The van der Waals surface area contributed by atoms with Crippen LogP contribution < -0.4 is 21.9 Å². The lowest BCUT2D eigenvalue weighted by atomic mass is 9.41. The van der Waals surface area contributed by atoms with E-state index in [1.54, 1.807) is 12.1 Å². The summed E-state index contributed by atoms with van der Waals surface area (Å²) < 4.78 is 31.0. The van der Waals surface area contributed by atoms with E-state index in [-0.39, 0.29) is 28.8 Å². The van der Waals surface area contributed by atoms with Crippen molar-refractivity contribution in [2.45, 2.75) is 83.8 Å². The number of nitrogens with one attached hydrogen (secondary N) is 2. The molecule has 5 fully saturated rings. The normalized spacial score (nSPS) is 30.4. The van der Waals surface area contributed by atoms with E-state index >= 15 is 0 Å². The van der Waals surface area contributed by atoms with Gasteiger partial charge < -0.3 is 21.3 Å². The largest absolute Gasteiger partial charge is 0.369 e. The Balaban J connectivity index is 1.22. The molecular formula is C37H48ClF2N7O. The summed E-state index contributed by atoms with van der Waals surface area (Å²) >= 11 is 6.09. The maximum absolute atomic E-state index is 14.6. The van der Waals surface area contributed by atoms with E-state index in [1.807, 2.05) is 39.8 Å². The summed E-state index contributed by atoms with van der Waals surface area (Å²) in [5.74, 6) is 2.71. The van der Waals surface area contributed by atoms with Gasteiger partial charge in [-0.3, -0.25) is 9.36 Å². The van der Waals surface area contributed by atoms with Crippen molar-refractivity contribution in [1.82, 2.24) is 25.1 Å². The highest BCUT2D eigenvalue weighted by atomic mass is 35.5. The number of piperazine rings is 1. The zero-order chi connectivity index (χ0) is 33.7. The van der Waals surface area contributed by atoms with Gasteiger partial charge in [0, 0.05) is 37.1 Å². The van der Waals surface area contributed by atoms with Crippen LogP contribution >= 0.6 is 11.6 Å². The number of hydrogen-bond donors (Lipinski definition) is 3. The fourth-order valence-electron chi connectivity index (χ4n) is 9.63. The second-order valence-electron chi connectivity index (χ2n) is 15.2. The van der Waals surface area contributed by atoms with Gasteiger partial charge in [-0.1, -0.05) is 44.5 Å². The zero-order valence-corrected chi connectivity index (χ0v) is 28.9. The summed E-state index contributed by atoms with van der Waals surface area (Å²) in [7, 11) is 0. The fourth-order valence-corrected chi connectivity index (χ4v) is 9.75. The van der Waals surface area contributed by atoms with Gasteiger partial charge in [0.05, 0.1) is 28.7 Å². The lowest BCUT2D eigenvalue weighted by Gasteiger charge is -2.65. The van der Waals surface area contributed by atoms with E-state index < -0.39 is 18.5 Å². The Morgan fingerprint density at radius 2 is 1.94 bits per heavy atom. The number of aliphatic imine (C=N–C) groups is 1. The molecule has 2 bridgehead atoms. The van der Waals surface area contributed by atoms with Crippen LogP contribution in [0.1, 0.15) is 63.8 Å². The van der Waals surface area contributed by atoms with Crippen molar-refractivity contribution in [2.75, 3.05) is 26.2 Å². The van der Waals surface area contributed by atoms with Gasteiger partial charge in [0.2, 0.25) is 0 Å². The van der Waals surface area contributed by atoms with Crippen LogP contribution in [-0.4, -0.2) is 65.1 Å².